The first-order valence-electron chi connectivity index (χ1n) is 3.30. The average Bonchev–Trinajstić information content (AvgIpc) is 2.26. The maximum absolute atomic E-state index is 10.5. The van der Waals surface area contributed by atoms with Crippen LogP contribution in [0.5, 0.6) is 5.75 Å². The van der Waals surface area contributed by atoms with Gasteiger partial charge in [0, 0.05) is 13.2 Å². The number of aromatic nitrogens is 1. The Morgan fingerprint density at radius 1 is 1.31 bits per heavy atom. The van der Waals surface area contributed by atoms with Crippen LogP contribution in [0.2, 0.25) is 0 Å². The van der Waals surface area contributed by atoms with E-state index in [0.717, 1.165) is 10.8 Å². The summed E-state index contributed by atoms with van der Waals surface area (Å²) < 4.78 is 1.04. The minimum Gasteiger partial charge on any atom is -0.505 e. The van der Waals surface area contributed by atoms with Gasteiger partial charge in [-0.2, -0.15) is 0 Å². The van der Waals surface area contributed by atoms with E-state index >= 15 is 0 Å². The number of hydrogen-bond acceptors (Lipinski definition) is 3. The fraction of sp³-hybridized carbons (Fsp3) is 0.143. The number of carboxylic acid groups (broad SMARTS) is 2. The van der Waals surface area contributed by atoms with Crippen LogP contribution in [0.25, 0.3) is 0 Å². The number of aryl methyl sites for hydroxylation is 1. The Morgan fingerprint density at radius 2 is 1.85 bits per heavy atom. The van der Waals surface area contributed by atoms with Crippen molar-refractivity contribution in [2.45, 2.75) is 0 Å². The molecule has 0 bridgehead atoms. The molecule has 0 aliphatic rings. The molecule has 1 rings (SSSR count). The van der Waals surface area contributed by atoms with Gasteiger partial charge >= 0.3 is 11.9 Å². The van der Waals surface area contributed by atoms with Gasteiger partial charge in [-0.05, 0) is 0 Å². The van der Waals surface area contributed by atoms with Crippen molar-refractivity contribution >= 4 is 11.9 Å². The average molecular weight is 185 g/mol. The number of rotatable bonds is 2. The number of carboxylic acids is 2. The van der Waals surface area contributed by atoms with Gasteiger partial charge < -0.3 is 19.9 Å². The molecule has 13 heavy (non-hydrogen) atoms. The summed E-state index contributed by atoms with van der Waals surface area (Å²) >= 11 is 0. The van der Waals surface area contributed by atoms with Crippen molar-refractivity contribution in [2.75, 3.05) is 0 Å². The zero-order valence-corrected chi connectivity index (χ0v) is 6.68. The molecule has 6 nitrogen and oxygen atoms in total. The lowest BCUT2D eigenvalue weighted by Gasteiger charge is -1.95. The summed E-state index contributed by atoms with van der Waals surface area (Å²) in [5.74, 6) is -3.45. The lowest BCUT2D eigenvalue weighted by Crippen LogP contribution is -2.03. The summed E-state index contributed by atoms with van der Waals surface area (Å²) in [5.41, 5.74) is -0.850. The summed E-state index contributed by atoms with van der Waals surface area (Å²) in [6.07, 6.45) is 1.04. The number of hydrogen-bond donors (Lipinski definition) is 3. The van der Waals surface area contributed by atoms with Crippen molar-refractivity contribution < 1.29 is 24.9 Å². The van der Waals surface area contributed by atoms with Gasteiger partial charge in [-0.25, -0.2) is 9.59 Å². The zero-order valence-electron chi connectivity index (χ0n) is 6.68. The van der Waals surface area contributed by atoms with E-state index in [0.29, 0.717) is 0 Å². The summed E-state index contributed by atoms with van der Waals surface area (Å²) in [6, 6.07) is 0. The van der Waals surface area contributed by atoms with Crippen molar-refractivity contribution in [3.63, 3.8) is 0 Å². The van der Waals surface area contributed by atoms with Crippen LogP contribution in [-0.4, -0.2) is 31.8 Å². The van der Waals surface area contributed by atoms with E-state index in [1.807, 2.05) is 0 Å². The molecule has 0 saturated carbocycles. The van der Waals surface area contributed by atoms with Gasteiger partial charge in [-0.1, -0.05) is 0 Å². The van der Waals surface area contributed by atoms with Gasteiger partial charge in [0.05, 0.1) is 0 Å². The number of aromatic carboxylic acids is 2. The third-order valence-corrected chi connectivity index (χ3v) is 1.59. The number of carbonyl (C=O) groups is 2. The minimum atomic E-state index is -1.37. The van der Waals surface area contributed by atoms with E-state index < -0.39 is 28.9 Å². The number of aromatic hydroxyl groups is 1. The van der Waals surface area contributed by atoms with Gasteiger partial charge in [0.2, 0.25) is 0 Å². The van der Waals surface area contributed by atoms with Gasteiger partial charge in [-0.3, -0.25) is 0 Å². The van der Waals surface area contributed by atoms with Crippen molar-refractivity contribution in [1.82, 2.24) is 4.57 Å². The molecule has 0 amide bonds. The van der Waals surface area contributed by atoms with Gasteiger partial charge in [0.1, 0.15) is 5.56 Å². The summed E-state index contributed by atoms with van der Waals surface area (Å²) in [6.45, 7) is 0. The fourth-order valence-electron chi connectivity index (χ4n) is 1.02. The van der Waals surface area contributed by atoms with Gasteiger partial charge in [0.15, 0.2) is 11.4 Å². The van der Waals surface area contributed by atoms with Crippen molar-refractivity contribution in [3.8, 4) is 5.75 Å². The summed E-state index contributed by atoms with van der Waals surface area (Å²) in [4.78, 5) is 20.9. The fourth-order valence-corrected chi connectivity index (χ4v) is 1.02. The maximum atomic E-state index is 10.5. The SMILES string of the molecule is Cn1cc(C(=O)O)c(O)c1C(=O)O. The molecule has 1 aromatic rings. The molecule has 0 spiro atoms. The van der Waals surface area contributed by atoms with Crippen LogP contribution in [-0.2, 0) is 7.05 Å². The highest BCUT2D eigenvalue weighted by atomic mass is 16.4. The zero-order chi connectivity index (χ0) is 10.2. The van der Waals surface area contributed by atoms with E-state index in [9.17, 15) is 9.59 Å². The molecule has 0 atom stereocenters. The van der Waals surface area contributed by atoms with E-state index in [1.165, 1.54) is 7.05 Å². The van der Waals surface area contributed by atoms with Crippen molar-refractivity contribution in [2.24, 2.45) is 7.05 Å². The predicted octanol–water partition coefficient (Wildman–Crippen LogP) is 0.127. The first kappa shape index (κ1) is 9.11. The van der Waals surface area contributed by atoms with E-state index in [4.69, 9.17) is 15.3 Å². The molecule has 1 heterocycles. The topological polar surface area (TPSA) is 99.8 Å². The Bertz CT molecular complexity index is 378. The molecule has 1 aromatic heterocycles. The Kier molecular flexibility index (Phi) is 1.97. The molecule has 0 unspecified atom stereocenters. The molecular formula is C7H7NO5. The minimum absolute atomic E-state index is 0.417. The van der Waals surface area contributed by atoms with Crippen LogP contribution in [0.4, 0.5) is 0 Å². The van der Waals surface area contributed by atoms with E-state index in [1.54, 1.807) is 0 Å². The highest BCUT2D eigenvalue weighted by Gasteiger charge is 2.22. The Labute approximate surface area is 72.7 Å². The molecule has 0 aliphatic heterocycles. The monoisotopic (exact) mass is 185 g/mol. The molecule has 3 N–H and O–H groups in total. The molecule has 70 valence electrons. The summed E-state index contributed by atoms with van der Waals surface area (Å²) in [7, 11) is 1.34. The normalized spacial score (nSPS) is 9.92. The predicted molar refractivity (Wildman–Crippen MR) is 41.0 cm³/mol. The first-order valence-corrected chi connectivity index (χ1v) is 3.30. The first-order chi connectivity index (χ1) is 5.95. The van der Waals surface area contributed by atoms with Crippen LogP contribution < -0.4 is 0 Å². The van der Waals surface area contributed by atoms with Crippen LogP contribution in [0.1, 0.15) is 20.8 Å². The smallest absolute Gasteiger partial charge is 0.356 e. The second kappa shape index (κ2) is 2.81. The molecule has 0 saturated heterocycles. The standard InChI is InChI=1S/C7H7NO5/c1-8-2-3(6(10)11)5(9)4(8)7(12)13/h2,9H,1H3,(H,10,11)(H,12,13). The molecule has 0 aromatic carbocycles. The molecular weight excluding hydrogens is 178 g/mol. The maximum Gasteiger partial charge on any atom is 0.356 e. The van der Waals surface area contributed by atoms with Gasteiger partial charge in [0.25, 0.3) is 0 Å². The van der Waals surface area contributed by atoms with Crippen LogP contribution in [0, 0.1) is 0 Å². The lowest BCUT2D eigenvalue weighted by molar-refractivity contribution is 0.0682. The van der Waals surface area contributed by atoms with Crippen LogP contribution in [0.15, 0.2) is 6.20 Å². The Balaban J connectivity index is 3.39. The lowest BCUT2D eigenvalue weighted by atomic mass is 10.3. The van der Waals surface area contributed by atoms with Crippen LogP contribution >= 0.6 is 0 Å². The van der Waals surface area contributed by atoms with Crippen LogP contribution in [0.3, 0.4) is 0 Å². The van der Waals surface area contributed by atoms with Gasteiger partial charge in [-0.15, -0.1) is 0 Å². The molecule has 0 fully saturated rings. The third kappa shape index (κ3) is 1.33. The quantitative estimate of drug-likeness (QED) is 0.607. The number of nitrogens with zero attached hydrogens (tertiary/aromatic N) is 1. The third-order valence-electron chi connectivity index (χ3n) is 1.59. The highest BCUT2D eigenvalue weighted by Crippen LogP contribution is 2.23. The van der Waals surface area contributed by atoms with Crippen molar-refractivity contribution in [1.29, 1.82) is 0 Å². The molecule has 6 heteroatoms. The largest absolute Gasteiger partial charge is 0.505 e. The van der Waals surface area contributed by atoms with E-state index in [2.05, 4.69) is 0 Å². The molecule has 0 radical (unpaired) electrons. The second-order valence-corrected chi connectivity index (χ2v) is 2.46. The van der Waals surface area contributed by atoms with Crippen molar-refractivity contribution in [3.05, 3.63) is 17.5 Å². The Morgan fingerprint density at radius 3 is 2.08 bits per heavy atom. The second-order valence-electron chi connectivity index (χ2n) is 2.46. The summed E-state index contributed by atoms with van der Waals surface area (Å²) in [5, 5.41) is 26.3. The highest BCUT2D eigenvalue weighted by molar-refractivity contribution is 5.98. The van der Waals surface area contributed by atoms with E-state index in [-0.39, 0.29) is 0 Å². The molecule has 0 aliphatic carbocycles. The Hall–Kier alpha value is -1.98.